The fourth-order valence-corrected chi connectivity index (χ4v) is 4.27. The van der Waals surface area contributed by atoms with Crippen LogP contribution >= 0.6 is 0 Å². The van der Waals surface area contributed by atoms with Crippen molar-refractivity contribution in [3.63, 3.8) is 0 Å². The number of nitrogens with zero attached hydrogens (tertiary/aromatic N) is 2. The summed E-state index contributed by atoms with van der Waals surface area (Å²) in [6.45, 7) is -0.217. The molecule has 7 nitrogen and oxygen atoms in total. The van der Waals surface area contributed by atoms with Gasteiger partial charge in [0.05, 0.1) is 7.11 Å². The van der Waals surface area contributed by atoms with Gasteiger partial charge in [-0.2, -0.15) is 0 Å². The zero-order valence-electron chi connectivity index (χ0n) is 17.5. The molecule has 1 N–H and O–H groups in total. The third-order valence-electron chi connectivity index (χ3n) is 6.03. The summed E-state index contributed by atoms with van der Waals surface area (Å²) in [5.74, 6) is -1.18. The molecule has 4 amide bonds. The monoisotopic (exact) mass is 425 g/mol. The van der Waals surface area contributed by atoms with Crippen LogP contribution in [-0.4, -0.2) is 53.9 Å². The SMILES string of the molecule is COc1ccc(CN(C)C(=O)CN2C(=O)NC3(CCc4ccccc4C3)C2=O)cc1F. The number of methoxy groups -OCH3 is 1. The van der Waals surface area contributed by atoms with Crippen molar-refractivity contribution < 1.29 is 23.5 Å². The maximum atomic E-state index is 13.9. The van der Waals surface area contributed by atoms with Gasteiger partial charge < -0.3 is 15.0 Å². The van der Waals surface area contributed by atoms with Crippen LogP contribution in [0.5, 0.6) is 5.75 Å². The Morgan fingerprint density at radius 3 is 2.68 bits per heavy atom. The third-order valence-corrected chi connectivity index (χ3v) is 6.03. The van der Waals surface area contributed by atoms with Crippen molar-refractivity contribution >= 4 is 17.8 Å². The van der Waals surface area contributed by atoms with E-state index in [1.54, 1.807) is 13.1 Å². The maximum absolute atomic E-state index is 13.9. The van der Waals surface area contributed by atoms with Gasteiger partial charge in [-0.1, -0.05) is 30.3 Å². The molecular weight excluding hydrogens is 401 g/mol. The van der Waals surface area contributed by atoms with Gasteiger partial charge in [-0.3, -0.25) is 14.5 Å². The highest BCUT2D eigenvalue weighted by Gasteiger charge is 2.52. The second-order valence-electron chi connectivity index (χ2n) is 8.07. The molecule has 8 heteroatoms. The van der Waals surface area contributed by atoms with Gasteiger partial charge in [0.2, 0.25) is 5.91 Å². The highest BCUT2D eigenvalue weighted by molar-refractivity contribution is 6.09. The molecule has 0 aromatic heterocycles. The molecule has 1 atom stereocenters. The number of likely N-dealkylation sites (N-methyl/N-ethyl adjacent to an activating group) is 1. The summed E-state index contributed by atoms with van der Waals surface area (Å²) in [5, 5.41) is 2.83. The molecule has 31 heavy (non-hydrogen) atoms. The predicted octanol–water partition coefficient (Wildman–Crippen LogP) is 2.27. The average Bonchev–Trinajstić information content (AvgIpc) is 2.97. The highest BCUT2D eigenvalue weighted by Crippen LogP contribution is 2.33. The molecule has 1 fully saturated rings. The number of rotatable bonds is 5. The van der Waals surface area contributed by atoms with E-state index >= 15 is 0 Å². The molecular formula is C23H24FN3O4. The number of urea groups is 1. The Kier molecular flexibility index (Phi) is 5.39. The van der Waals surface area contributed by atoms with Crippen molar-refractivity contribution in [3.8, 4) is 5.75 Å². The van der Waals surface area contributed by atoms with Gasteiger partial charge in [-0.15, -0.1) is 0 Å². The fourth-order valence-electron chi connectivity index (χ4n) is 4.27. The van der Waals surface area contributed by atoms with Gasteiger partial charge in [0.15, 0.2) is 11.6 Å². The molecule has 2 aromatic carbocycles. The second-order valence-corrected chi connectivity index (χ2v) is 8.07. The number of hydrogen-bond donors (Lipinski definition) is 1. The number of hydrogen-bond acceptors (Lipinski definition) is 4. The van der Waals surface area contributed by atoms with E-state index in [0.29, 0.717) is 24.8 Å². The lowest BCUT2D eigenvalue weighted by Crippen LogP contribution is -2.51. The molecule has 1 saturated heterocycles. The van der Waals surface area contributed by atoms with E-state index in [1.807, 2.05) is 24.3 Å². The molecule has 0 radical (unpaired) electrons. The van der Waals surface area contributed by atoms with E-state index in [4.69, 9.17) is 4.74 Å². The van der Waals surface area contributed by atoms with Crippen molar-refractivity contribution in [2.75, 3.05) is 20.7 Å². The summed E-state index contributed by atoms with van der Waals surface area (Å²) in [4.78, 5) is 40.8. The number of amides is 4. The molecule has 4 rings (SSSR count). The zero-order chi connectivity index (χ0) is 22.2. The summed E-state index contributed by atoms with van der Waals surface area (Å²) in [7, 11) is 2.93. The minimum Gasteiger partial charge on any atom is -0.494 e. The molecule has 1 spiro atoms. The van der Waals surface area contributed by atoms with E-state index in [9.17, 15) is 18.8 Å². The Bertz CT molecular complexity index is 1060. The van der Waals surface area contributed by atoms with E-state index in [2.05, 4.69) is 5.32 Å². The largest absolute Gasteiger partial charge is 0.494 e. The summed E-state index contributed by atoms with van der Waals surface area (Å²) in [6.07, 6.45) is 1.60. The van der Waals surface area contributed by atoms with E-state index in [-0.39, 0.29) is 24.7 Å². The zero-order valence-corrected chi connectivity index (χ0v) is 17.5. The second kappa shape index (κ2) is 8.02. The molecule has 2 aliphatic rings. The summed E-state index contributed by atoms with van der Waals surface area (Å²) >= 11 is 0. The molecule has 1 unspecified atom stereocenters. The average molecular weight is 425 g/mol. The lowest BCUT2D eigenvalue weighted by Gasteiger charge is -2.32. The third kappa shape index (κ3) is 3.85. The van der Waals surface area contributed by atoms with E-state index in [1.165, 1.54) is 29.7 Å². The Morgan fingerprint density at radius 2 is 1.97 bits per heavy atom. The molecule has 1 aliphatic carbocycles. The normalized spacial score (nSPS) is 19.9. The Morgan fingerprint density at radius 1 is 1.23 bits per heavy atom. The minimum absolute atomic E-state index is 0.122. The molecule has 0 saturated carbocycles. The Labute approximate surface area is 179 Å². The van der Waals surface area contributed by atoms with Crippen molar-refractivity contribution in [2.24, 2.45) is 0 Å². The number of aryl methyl sites for hydroxylation is 1. The molecule has 2 aromatic rings. The topological polar surface area (TPSA) is 79.0 Å². The van der Waals surface area contributed by atoms with Crippen LogP contribution in [0.2, 0.25) is 0 Å². The van der Waals surface area contributed by atoms with Gasteiger partial charge >= 0.3 is 6.03 Å². The Balaban J connectivity index is 1.43. The van der Waals surface area contributed by atoms with Crippen LogP contribution in [0, 0.1) is 5.82 Å². The van der Waals surface area contributed by atoms with Gasteiger partial charge in [-0.05, 0) is 41.7 Å². The van der Waals surface area contributed by atoms with Crippen LogP contribution in [0.4, 0.5) is 9.18 Å². The van der Waals surface area contributed by atoms with E-state index in [0.717, 1.165) is 10.5 Å². The van der Waals surface area contributed by atoms with Crippen LogP contribution in [0.25, 0.3) is 0 Å². The quantitative estimate of drug-likeness (QED) is 0.746. The van der Waals surface area contributed by atoms with Crippen molar-refractivity contribution in [1.82, 2.24) is 15.1 Å². The van der Waals surface area contributed by atoms with Crippen molar-refractivity contribution in [2.45, 2.75) is 31.3 Å². The van der Waals surface area contributed by atoms with Crippen LogP contribution in [0.15, 0.2) is 42.5 Å². The van der Waals surface area contributed by atoms with Crippen LogP contribution in [0.1, 0.15) is 23.1 Å². The standard InChI is InChI=1S/C23H24FN3O4/c1-26(13-15-7-8-19(31-2)18(24)11-15)20(28)14-27-21(29)23(25-22(27)30)10-9-16-5-3-4-6-17(16)12-23/h3-8,11H,9-10,12-14H2,1-2H3,(H,25,30). The smallest absolute Gasteiger partial charge is 0.325 e. The Hall–Kier alpha value is -3.42. The first kappa shape index (κ1) is 20.8. The number of fused-ring (bicyclic) bond motifs is 1. The molecule has 1 aliphatic heterocycles. The summed E-state index contributed by atoms with van der Waals surface area (Å²) in [6, 6.07) is 11.8. The van der Waals surface area contributed by atoms with Crippen LogP contribution in [0.3, 0.4) is 0 Å². The van der Waals surface area contributed by atoms with Gasteiger partial charge in [0.25, 0.3) is 5.91 Å². The first-order valence-electron chi connectivity index (χ1n) is 10.1. The first-order chi connectivity index (χ1) is 14.8. The fraction of sp³-hybridized carbons (Fsp3) is 0.348. The maximum Gasteiger partial charge on any atom is 0.325 e. The lowest BCUT2D eigenvalue weighted by atomic mass is 9.78. The molecule has 162 valence electrons. The van der Waals surface area contributed by atoms with Crippen molar-refractivity contribution in [3.05, 3.63) is 65.0 Å². The number of halogens is 1. The van der Waals surface area contributed by atoms with E-state index < -0.39 is 23.3 Å². The lowest BCUT2D eigenvalue weighted by molar-refractivity contribution is -0.138. The summed E-state index contributed by atoms with van der Waals surface area (Å²) in [5.41, 5.74) is 1.79. The molecule has 1 heterocycles. The molecule has 0 bridgehead atoms. The highest BCUT2D eigenvalue weighted by atomic mass is 19.1. The van der Waals surface area contributed by atoms with Gasteiger partial charge in [0, 0.05) is 20.0 Å². The number of carbonyl (C=O) groups excluding carboxylic acids is 3. The minimum atomic E-state index is -0.997. The number of carbonyl (C=O) groups is 3. The van der Waals surface area contributed by atoms with Gasteiger partial charge in [-0.25, -0.2) is 9.18 Å². The first-order valence-corrected chi connectivity index (χ1v) is 10.1. The number of nitrogens with one attached hydrogen (secondary N) is 1. The number of ether oxygens (including phenoxy) is 1. The number of imide groups is 1. The van der Waals surface area contributed by atoms with Crippen LogP contribution < -0.4 is 10.1 Å². The summed E-state index contributed by atoms with van der Waals surface area (Å²) < 4.78 is 18.8. The van der Waals surface area contributed by atoms with Gasteiger partial charge in [0.1, 0.15) is 12.1 Å². The van der Waals surface area contributed by atoms with Crippen molar-refractivity contribution in [1.29, 1.82) is 0 Å². The predicted molar refractivity (Wildman–Crippen MR) is 111 cm³/mol. The van der Waals surface area contributed by atoms with Crippen LogP contribution in [-0.2, 0) is 29.0 Å². The number of benzene rings is 2.